The summed E-state index contributed by atoms with van der Waals surface area (Å²) in [5.74, 6) is -0.284. The van der Waals surface area contributed by atoms with Crippen molar-refractivity contribution in [3.63, 3.8) is 0 Å². The van der Waals surface area contributed by atoms with E-state index in [2.05, 4.69) is 32.0 Å². The Bertz CT molecular complexity index is 375. The molecule has 0 aromatic heterocycles. The molecule has 0 aromatic carbocycles. The average Bonchev–Trinajstić information content (AvgIpc) is 2.47. The van der Waals surface area contributed by atoms with Crippen LogP contribution in [0.5, 0.6) is 0 Å². The van der Waals surface area contributed by atoms with Crippen LogP contribution in [0.1, 0.15) is 13.3 Å². The summed E-state index contributed by atoms with van der Waals surface area (Å²) in [5.41, 5.74) is 2.29. The number of carbonyl (C=O) groups is 1. The number of hydrogen-bond acceptors (Lipinski definition) is 3. The molecule has 0 aliphatic carbocycles. The van der Waals surface area contributed by atoms with Gasteiger partial charge in [-0.3, -0.25) is 0 Å². The number of esters is 1. The van der Waals surface area contributed by atoms with Gasteiger partial charge in [-0.2, -0.15) is 0 Å². The van der Waals surface area contributed by atoms with Gasteiger partial charge in [-0.05, 0) is 38.7 Å². The first-order chi connectivity index (χ1) is 7.74. The molecule has 1 rings (SSSR count). The van der Waals surface area contributed by atoms with Crippen LogP contribution in [0.2, 0.25) is 19.6 Å². The van der Waals surface area contributed by atoms with Crippen molar-refractivity contribution in [3.8, 4) is 0 Å². The molecular weight excluding hydrogens is 232 g/mol. The molecule has 0 saturated carbocycles. The van der Waals surface area contributed by atoms with E-state index in [0.717, 1.165) is 0 Å². The second-order valence-electron chi connectivity index (χ2n) is 5.41. The van der Waals surface area contributed by atoms with Crippen molar-refractivity contribution in [2.45, 2.75) is 44.7 Å². The summed E-state index contributed by atoms with van der Waals surface area (Å²) >= 11 is 0. The lowest BCUT2D eigenvalue weighted by atomic mass is 9.98. The first kappa shape index (κ1) is 14.0. The molecule has 0 bridgehead atoms. The molecular formula is C13H20O3Si. The Morgan fingerprint density at radius 2 is 2.29 bits per heavy atom. The second-order valence-corrected chi connectivity index (χ2v) is 9.84. The number of carbonyl (C=O) groups excluding carboxylic acids is 1. The van der Waals surface area contributed by atoms with Gasteiger partial charge in [-0.15, -0.1) is 5.73 Å². The molecule has 1 aliphatic rings. The van der Waals surface area contributed by atoms with E-state index >= 15 is 0 Å². The van der Waals surface area contributed by atoms with Gasteiger partial charge in [0.05, 0.1) is 5.60 Å². The van der Waals surface area contributed by atoms with Gasteiger partial charge in [0.2, 0.25) is 0 Å². The Kier molecular flexibility index (Phi) is 4.15. The summed E-state index contributed by atoms with van der Waals surface area (Å²) in [6, 6.07) is 0. The average molecular weight is 252 g/mol. The van der Waals surface area contributed by atoms with Gasteiger partial charge in [0, 0.05) is 12.5 Å². The molecule has 0 amide bonds. The third-order valence-electron chi connectivity index (χ3n) is 2.27. The fourth-order valence-electron chi connectivity index (χ4n) is 1.97. The first-order valence-corrected chi connectivity index (χ1v) is 9.11. The summed E-state index contributed by atoms with van der Waals surface area (Å²) in [6.45, 7) is 11.9. The Morgan fingerprint density at radius 1 is 1.65 bits per heavy atom. The van der Waals surface area contributed by atoms with Crippen LogP contribution in [-0.4, -0.2) is 26.0 Å². The highest BCUT2D eigenvalue weighted by Crippen LogP contribution is 2.27. The SMILES string of the molecule is C=C=C[C@](C)(C[C@H]1C=CC(=O)O1)O[Si](C)(C)C. The van der Waals surface area contributed by atoms with Crippen molar-refractivity contribution < 1.29 is 14.0 Å². The van der Waals surface area contributed by atoms with Crippen molar-refractivity contribution >= 4 is 14.3 Å². The summed E-state index contributed by atoms with van der Waals surface area (Å²) in [7, 11) is -1.68. The van der Waals surface area contributed by atoms with Crippen LogP contribution in [0.4, 0.5) is 0 Å². The third kappa shape index (κ3) is 4.73. The van der Waals surface area contributed by atoms with Crippen LogP contribution in [0.25, 0.3) is 0 Å². The quantitative estimate of drug-likeness (QED) is 0.429. The lowest BCUT2D eigenvalue weighted by molar-refractivity contribution is -0.139. The van der Waals surface area contributed by atoms with Crippen LogP contribution in [-0.2, 0) is 14.0 Å². The van der Waals surface area contributed by atoms with Gasteiger partial charge < -0.3 is 9.16 Å². The number of cyclic esters (lactones) is 1. The minimum Gasteiger partial charge on any atom is -0.455 e. The Morgan fingerprint density at radius 3 is 2.71 bits per heavy atom. The largest absolute Gasteiger partial charge is 0.455 e. The standard InChI is InChI=1S/C13H20O3Si/c1-6-9-13(2,16-17(3,4)5)10-11-7-8-12(14)15-11/h7-9,11H,1,10H2,2-5H3/t11-,13-/m1/s1. The van der Waals surface area contributed by atoms with E-state index in [-0.39, 0.29) is 12.1 Å². The predicted octanol–water partition coefficient (Wildman–Crippen LogP) is 2.81. The van der Waals surface area contributed by atoms with Gasteiger partial charge in [0.25, 0.3) is 0 Å². The zero-order valence-corrected chi connectivity index (χ0v) is 11.9. The molecule has 2 atom stereocenters. The van der Waals surface area contributed by atoms with E-state index in [9.17, 15) is 4.79 Å². The van der Waals surface area contributed by atoms with E-state index in [4.69, 9.17) is 9.16 Å². The zero-order chi connectivity index (χ0) is 13.1. The van der Waals surface area contributed by atoms with Gasteiger partial charge in [-0.25, -0.2) is 4.79 Å². The van der Waals surface area contributed by atoms with Gasteiger partial charge >= 0.3 is 5.97 Å². The highest BCUT2D eigenvalue weighted by Gasteiger charge is 2.33. The van der Waals surface area contributed by atoms with Crippen molar-refractivity contribution in [1.82, 2.24) is 0 Å². The third-order valence-corrected chi connectivity index (χ3v) is 3.35. The minimum absolute atomic E-state index is 0.214. The number of rotatable bonds is 5. The van der Waals surface area contributed by atoms with E-state index < -0.39 is 13.9 Å². The Hall–Kier alpha value is -1.09. The molecule has 3 nitrogen and oxygen atoms in total. The molecule has 0 radical (unpaired) electrons. The molecule has 0 spiro atoms. The molecule has 1 aliphatic heterocycles. The summed E-state index contributed by atoms with van der Waals surface area (Å²) in [5, 5.41) is 0. The Labute approximate surface area is 104 Å². The summed E-state index contributed by atoms with van der Waals surface area (Å²) in [6.07, 6.45) is 5.42. The van der Waals surface area contributed by atoms with Crippen molar-refractivity contribution in [3.05, 3.63) is 30.5 Å². The molecule has 4 heteroatoms. The van der Waals surface area contributed by atoms with E-state index in [1.54, 1.807) is 6.08 Å². The maximum atomic E-state index is 11.0. The molecule has 0 N–H and O–H groups in total. The fourth-order valence-corrected chi connectivity index (χ4v) is 3.51. The van der Waals surface area contributed by atoms with Crippen LogP contribution in [0.3, 0.4) is 0 Å². The van der Waals surface area contributed by atoms with Gasteiger partial charge in [0.1, 0.15) is 6.10 Å². The van der Waals surface area contributed by atoms with E-state index in [0.29, 0.717) is 6.42 Å². The molecule has 0 unspecified atom stereocenters. The predicted molar refractivity (Wildman–Crippen MR) is 70.2 cm³/mol. The highest BCUT2D eigenvalue weighted by atomic mass is 28.4. The monoisotopic (exact) mass is 252 g/mol. The fraction of sp³-hybridized carbons (Fsp3) is 0.538. The van der Waals surface area contributed by atoms with Crippen molar-refractivity contribution in [2.75, 3.05) is 0 Å². The van der Waals surface area contributed by atoms with Crippen LogP contribution in [0.15, 0.2) is 30.5 Å². The normalized spacial score (nSPS) is 22.8. The summed E-state index contributed by atoms with van der Waals surface area (Å²) in [4.78, 5) is 11.0. The summed E-state index contributed by atoms with van der Waals surface area (Å²) < 4.78 is 11.3. The van der Waals surface area contributed by atoms with Gasteiger partial charge in [-0.1, -0.05) is 6.58 Å². The van der Waals surface area contributed by atoms with Crippen molar-refractivity contribution in [2.24, 2.45) is 0 Å². The molecule has 0 saturated heterocycles. The molecule has 1 heterocycles. The first-order valence-electron chi connectivity index (χ1n) is 5.70. The maximum Gasteiger partial charge on any atom is 0.331 e. The molecule has 0 fully saturated rings. The highest BCUT2D eigenvalue weighted by molar-refractivity contribution is 6.69. The maximum absolute atomic E-state index is 11.0. The molecule has 0 aromatic rings. The topological polar surface area (TPSA) is 35.5 Å². The zero-order valence-electron chi connectivity index (χ0n) is 10.9. The van der Waals surface area contributed by atoms with Crippen LogP contribution in [0, 0.1) is 0 Å². The number of hydrogen-bond donors (Lipinski definition) is 0. The van der Waals surface area contributed by atoms with Crippen LogP contribution < -0.4 is 0 Å². The smallest absolute Gasteiger partial charge is 0.331 e. The van der Waals surface area contributed by atoms with E-state index in [1.165, 1.54) is 6.08 Å². The van der Waals surface area contributed by atoms with Crippen molar-refractivity contribution in [1.29, 1.82) is 0 Å². The van der Waals surface area contributed by atoms with Crippen LogP contribution >= 0.6 is 0 Å². The second kappa shape index (κ2) is 5.04. The minimum atomic E-state index is -1.68. The van der Waals surface area contributed by atoms with Gasteiger partial charge in [0.15, 0.2) is 8.32 Å². The number of ether oxygens (including phenoxy) is 1. The van der Waals surface area contributed by atoms with E-state index in [1.807, 2.05) is 13.0 Å². The lowest BCUT2D eigenvalue weighted by Crippen LogP contribution is -2.41. The molecule has 94 valence electrons. The Balaban J connectivity index is 2.75. The molecule has 17 heavy (non-hydrogen) atoms. The lowest BCUT2D eigenvalue weighted by Gasteiger charge is -2.34.